The number of aromatic nitrogens is 1. The second kappa shape index (κ2) is 5.87. The zero-order valence-electron chi connectivity index (χ0n) is 12.2. The van der Waals surface area contributed by atoms with E-state index in [4.69, 9.17) is 0 Å². The van der Waals surface area contributed by atoms with E-state index in [1.807, 2.05) is 0 Å². The molecule has 0 spiro atoms. The van der Waals surface area contributed by atoms with Crippen LogP contribution in [0.25, 0.3) is 0 Å². The summed E-state index contributed by atoms with van der Waals surface area (Å²) in [4.78, 5) is 6.60. The fraction of sp³-hybridized carbons (Fsp3) is 0.667. The van der Waals surface area contributed by atoms with Gasteiger partial charge >= 0.3 is 0 Å². The molecule has 0 bridgehead atoms. The van der Waals surface area contributed by atoms with Gasteiger partial charge in [0.2, 0.25) is 0 Å². The van der Waals surface area contributed by atoms with E-state index < -0.39 is 0 Å². The van der Waals surface area contributed by atoms with E-state index in [1.165, 1.54) is 6.20 Å². The van der Waals surface area contributed by atoms with Crippen molar-refractivity contribution in [1.82, 2.24) is 10.3 Å². The summed E-state index contributed by atoms with van der Waals surface area (Å²) in [6, 6.07) is 1.61. The predicted molar refractivity (Wildman–Crippen MR) is 76.8 cm³/mol. The average molecular weight is 265 g/mol. The van der Waals surface area contributed by atoms with Crippen LogP contribution in [0.3, 0.4) is 0 Å². The molecule has 0 radical (unpaired) electrons. The van der Waals surface area contributed by atoms with Crippen LogP contribution in [0.1, 0.15) is 39.2 Å². The Morgan fingerprint density at radius 3 is 2.89 bits per heavy atom. The highest BCUT2D eigenvalue weighted by atomic mass is 19.1. The molecule has 0 saturated carbocycles. The van der Waals surface area contributed by atoms with Gasteiger partial charge in [-0.3, -0.25) is 0 Å². The predicted octanol–water partition coefficient (Wildman–Crippen LogP) is 2.96. The topological polar surface area (TPSA) is 28.2 Å². The number of rotatable bonds is 5. The van der Waals surface area contributed by atoms with Gasteiger partial charge in [0.25, 0.3) is 0 Å². The van der Waals surface area contributed by atoms with Crippen LogP contribution in [0.15, 0.2) is 12.3 Å². The van der Waals surface area contributed by atoms with E-state index in [1.54, 1.807) is 6.07 Å². The maximum absolute atomic E-state index is 13.4. The van der Waals surface area contributed by atoms with Gasteiger partial charge in [0.1, 0.15) is 11.6 Å². The van der Waals surface area contributed by atoms with E-state index >= 15 is 0 Å². The molecule has 4 heteroatoms. The lowest BCUT2D eigenvalue weighted by atomic mass is 9.93. The Hall–Kier alpha value is -1.16. The summed E-state index contributed by atoms with van der Waals surface area (Å²) >= 11 is 0. The van der Waals surface area contributed by atoms with Crippen LogP contribution in [0.2, 0.25) is 0 Å². The van der Waals surface area contributed by atoms with Crippen molar-refractivity contribution < 1.29 is 4.39 Å². The summed E-state index contributed by atoms with van der Waals surface area (Å²) in [5, 5.41) is 3.33. The molecule has 1 aromatic heterocycles. The lowest BCUT2D eigenvalue weighted by Gasteiger charge is -2.23. The molecule has 19 heavy (non-hydrogen) atoms. The molecule has 1 saturated heterocycles. The molecule has 2 heterocycles. The third-order valence-electron chi connectivity index (χ3n) is 3.63. The van der Waals surface area contributed by atoms with Gasteiger partial charge in [-0.2, -0.15) is 0 Å². The highest BCUT2D eigenvalue weighted by Crippen LogP contribution is 2.33. The minimum atomic E-state index is -0.254. The highest BCUT2D eigenvalue weighted by Gasteiger charge is 2.30. The summed E-state index contributed by atoms with van der Waals surface area (Å²) < 4.78 is 13.4. The van der Waals surface area contributed by atoms with Crippen molar-refractivity contribution in [2.45, 2.75) is 40.2 Å². The maximum Gasteiger partial charge on any atom is 0.141 e. The highest BCUT2D eigenvalue weighted by molar-refractivity contribution is 5.48. The van der Waals surface area contributed by atoms with Crippen molar-refractivity contribution in [3.05, 3.63) is 23.6 Å². The zero-order valence-corrected chi connectivity index (χ0v) is 12.2. The second-order valence-electron chi connectivity index (χ2n) is 6.15. The first-order chi connectivity index (χ1) is 9.02. The molecule has 1 fully saturated rings. The standard InChI is InChI=1S/C15H24FN3/c1-4-6-17-9-12-8-13(16)10-18-14(12)19-7-5-15(2,3)11-19/h8,10,17H,4-7,9,11H2,1-3H3. The van der Waals surface area contributed by atoms with E-state index in [0.29, 0.717) is 12.0 Å². The van der Waals surface area contributed by atoms with Gasteiger partial charge in [-0.25, -0.2) is 9.37 Å². The first-order valence-corrected chi connectivity index (χ1v) is 7.12. The molecule has 0 amide bonds. The van der Waals surface area contributed by atoms with Gasteiger partial charge in [0.15, 0.2) is 0 Å². The van der Waals surface area contributed by atoms with Gasteiger partial charge in [-0.15, -0.1) is 0 Å². The largest absolute Gasteiger partial charge is 0.356 e. The van der Waals surface area contributed by atoms with E-state index in [9.17, 15) is 4.39 Å². The normalized spacial score (nSPS) is 18.0. The Morgan fingerprint density at radius 1 is 1.47 bits per heavy atom. The average Bonchev–Trinajstić information content (AvgIpc) is 2.70. The molecule has 1 aliphatic heterocycles. The summed E-state index contributed by atoms with van der Waals surface area (Å²) in [6.45, 7) is 10.3. The molecule has 3 nitrogen and oxygen atoms in total. The van der Waals surface area contributed by atoms with Crippen molar-refractivity contribution >= 4 is 5.82 Å². The van der Waals surface area contributed by atoms with Crippen LogP contribution >= 0.6 is 0 Å². The lowest BCUT2D eigenvalue weighted by molar-refractivity contribution is 0.418. The maximum atomic E-state index is 13.4. The monoisotopic (exact) mass is 265 g/mol. The molecular weight excluding hydrogens is 241 g/mol. The summed E-state index contributed by atoms with van der Waals surface area (Å²) in [5.74, 6) is 0.686. The fourth-order valence-electron chi connectivity index (χ4n) is 2.58. The smallest absolute Gasteiger partial charge is 0.141 e. The minimum absolute atomic E-state index is 0.254. The van der Waals surface area contributed by atoms with E-state index in [2.05, 4.69) is 36.0 Å². The Labute approximate surface area is 115 Å². The molecule has 0 atom stereocenters. The number of nitrogens with zero attached hydrogens (tertiary/aromatic N) is 2. The number of pyridine rings is 1. The third-order valence-corrected chi connectivity index (χ3v) is 3.63. The Bertz CT molecular complexity index is 431. The van der Waals surface area contributed by atoms with Crippen LogP contribution in [-0.4, -0.2) is 24.6 Å². The van der Waals surface area contributed by atoms with Crippen molar-refractivity contribution in [2.75, 3.05) is 24.5 Å². The Morgan fingerprint density at radius 2 is 2.26 bits per heavy atom. The lowest BCUT2D eigenvalue weighted by Crippen LogP contribution is -2.26. The number of halogens is 1. The molecule has 0 unspecified atom stereocenters. The van der Waals surface area contributed by atoms with Gasteiger partial charge in [0.05, 0.1) is 6.20 Å². The summed E-state index contributed by atoms with van der Waals surface area (Å²) in [5.41, 5.74) is 1.29. The molecule has 1 aliphatic rings. The van der Waals surface area contributed by atoms with Crippen molar-refractivity contribution in [2.24, 2.45) is 5.41 Å². The first-order valence-electron chi connectivity index (χ1n) is 7.12. The molecule has 1 aromatic rings. The van der Waals surface area contributed by atoms with Gasteiger partial charge in [0, 0.05) is 25.2 Å². The van der Waals surface area contributed by atoms with Crippen molar-refractivity contribution in [1.29, 1.82) is 0 Å². The number of anilines is 1. The van der Waals surface area contributed by atoms with Crippen LogP contribution in [0.5, 0.6) is 0 Å². The Balaban J connectivity index is 2.15. The van der Waals surface area contributed by atoms with Crippen LogP contribution in [0, 0.1) is 11.2 Å². The van der Waals surface area contributed by atoms with Crippen LogP contribution in [0.4, 0.5) is 10.2 Å². The van der Waals surface area contributed by atoms with Crippen LogP contribution < -0.4 is 10.2 Å². The molecule has 0 aromatic carbocycles. The summed E-state index contributed by atoms with van der Waals surface area (Å²) in [7, 11) is 0. The molecule has 0 aliphatic carbocycles. The van der Waals surface area contributed by atoms with Crippen molar-refractivity contribution in [3.63, 3.8) is 0 Å². The van der Waals surface area contributed by atoms with E-state index in [0.717, 1.165) is 43.9 Å². The zero-order chi connectivity index (χ0) is 13.9. The minimum Gasteiger partial charge on any atom is -0.356 e. The molecule has 1 N–H and O–H groups in total. The quantitative estimate of drug-likeness (QED) is 0.830. The van der Waals surface area contributed by atoms with E-state index in [-0.39, 0.29) is 5.82 Å². The van der Waals surface area contributed by atoms with Crippen LogP contribution in [-0.2, 0) is 6.54 Å². The second-order valence-corrected chi connectivity index (χ2v) is 6.15. The molecule has 106 valence electrons. The Kier molecular flexibility index (Phi) is 4.40. The SMILES string of the molecule is CCCNCc1cc(F)cnc1N1CCC(C)(C)C1. The van der Waals surface area contributed by atoms with Gasteiger partial charge < -0.3 is 10.2 Å². The summed E-state index contributed by atoms with van der Waals surface area (Å²) in [6.07, 6.45) is 3.56. The van der Waals surface area contributed by atoms with Gasteiger partial charge in [-0.05, 0) is 30.9 Å². The molecular formula is C15H24FN3. The fourth-order valence-corrected chi connectivity index (χ4v) is 2.58. The number of hydrogen-bond acceptors (Lipinski definition) is 3. The van der Waals surface area contributed by atoms with Gasteiger partial charge in [-0.1, -0.05) is 20.8 Å². The number of nitrogens with one attached hydrogen (secondary N) is 1. The van der Waals surface area contributed by atoms with Crippen molar-refractivity contribution in [3.8, 4) is 0 Å². The third kappa shape index (κ3) is 3.66. The number of hydrogen-bond donors (Lipinski definition) is 1. The molecule has 2 rings (SSSR count). The first kappa shape index (κ1) is 14.3.